The summed E-state index contributed by atoms with van der Waals surface area (Å²) in [4.78, 5) is 10.9. The Morgan fingerprint density at radius 3 is 2.94 bits per heavy atom. The number of ether oxygens (including phenoxy) is 1. The third kappa shape index (κ3) is 4.50. The minimum Gasteiger partial charge on any atom is -0.507 e. The SMILES string of the molecule is CCOC(=O)C#CCCCc1cccc(C)c1O. The van der Waals surface area contributed by atoms with Gasteiger partial charge in [0.05, 0.1) is 6.61 Å². The Morgan fingerprint density at radius 2 is 2.22 bits per heavy atom. The topological polar surface area (TPSA) is 46.5 Å². The zero-order valence-corrected chi connectivity index (χ0v) is 10.8. The molecule has 0 heterocycles. The number of unbranched alkanes of at least 4 members (excludes halogenated alkanes) is 1. The second-order valence-corrected chi connectivity index (χ2v) is 3.96. The zero-order chi connectivity index (χ0) is 13.4. The van der Waals surface area contributed by atoms with E-state index in [1.54, 1.807) is 6.92 Å². The molecule has 0 saturated heterocycles. The van der Waals surface area contributed by atoms with Gasteiger partial charge in [0.25, 0.3) is 0 Å². The lowest BCUT2D eigenvalue weighted by molar-refractivity contribution is -0.136. The number of hydrogen-bond donors (Lipinski definition) is 1. The fourth-order valence-corrected chi connectivity index (χ4v) is 1.59. The Kier molecular flexibility index (Phi) is 5.79. The first-order valence-electron chi connectivity index (χ1n) is 6.08. The first-order valence-corrected chi connectivity index (χ1v) is 6.08. The van der Waals surface area contributed by atoms with Gasteiger partial charge in [0.1, 0.15) is 5.75 Å². The van der Waals surface area contributed by atoms with Gasteiger partial charge in [-0.3, -0.25) is 0 Å². The van der Waals surface area contributed by atoms with Crippen molar-refractivity contribution in [1.29, 1.82) is 0 Å². The van der Waals surface area contributed by atoms with Gasteiger partial charge in [0.2, 0.25) is 0 Å². The average molecular weight is 246 g/mol. The molecule has 3 heteroatoms. The first kappa shape index (κ1) is 14.1. The summed E-state index contributed by atoms with van der Waals surface area (Å²) in [6.07, 6.45) is 2.18. The molecule has 3 nitrogen and oxygen atoms in total. The van der Waals surface area contributed by atoms with Crippen molar-refractivity contribution in [1.82, 2.24) is 0 Å². The van der Waals surface area contributed by atoms with E-state index in [2.05, 4.69) is 16.6 Å². The van der Waals surface area contributed by atoms with Gasteiger partial charge in [-0.2, -0.15) is 0 Å². The molecule has 18 heavy (non-hydrogen) atoms. The summed E-state index contributed by atoms with van der Waals surface area (Å²) in [6, 6.07) is 5.70. The molecule has 0 fully saturated rings. The fraction of sp³-hybridized carbons (Fsp3) is 0.400. The van der Waals surface area contributed by atoms with Crippen LogP contribution in [0.2, 0.25) is 0 Å². The van der Waals surface area contributed by atoms with Crippen molar-refractivity contribution in [2.45, 2.75) is 33.1 Å². The van der Waals surface area contributed by atoms with Gasteiger partial charge in [-0.25, -0.2) is 4.79 Å². The summed E-state index contributed by atoms with van der Waals surface area (Å²) in [7, 11) is 0. The molecule has 1 rings (SSSR count). The van der Waals surface area contributed by atoms with Gasteiger partial charge >= 0.3 is 5.97 Å². The number of aryl methyl sites for hydroxylation is 2. The maximum absolute atomic E-state index is 10.9. The lowest BCUT2D eigenvalue weighted by atomic mass is 10.0. The van der Waals surface area contributed by atoms with Crippen LogP contribution in [0.1, 0.15) is 30.9 Å². The number of hydrogen-bond acceptors (Lipinski definition) is 3. The standard InChI is InChI=1S/C15H18O3/c1-3-18-14(16)11-6-4-5-9-13-10-7-8-12(2)15(13)17/h7-8,10,17H,3-5,9H2,1-2H3. The third-order valence-electron chi connectivity index (χ3n) is 2.54. The number of phenolic OH excluding ortho intramolecular Hbond substituents is 1. The van der Waals surface area contributed by atoms with Crippen molar-refractivity contribution in [3.8, 4) is 17.6 Å². The molecule has 96 valence electrons. The molecule has 1 aromatic rings. The molecule has 0 bridgehead atoms. The summed E-state index contributed by atoms with van der Waals surface area (Å²) in [5, 5.41) is 9.80. The highest BCUT2D eigenvalue weighted by molar-refractivity contribution is 5.88. The summed E-state index contributed by atoms with van der Waals surface area (Å²) in [5.41, 5.74) is 1.80. The predicted molar refractivity (Wildman–Crippen MR) is 70.2 cm³/mol. The second-order valence-electron chi connectivity index (χ2n) is 3.96. The highest BCUT2D eigenvalue weighted by atomic mass is 16.5. The van der Waals surface area contributed by atoms with Crippen LogP contribution in [0.5, 0.6) is 5.75 Å². The normalized spacial score (nSPS) is 9.44. The number of benzene rings is 1. The Labute approximate surface area is 108 Å². The Hall–Kier alpha value is -1.95. The fourth-order valence-electron chi connectivity index (χ4n) is 1.59. The average Bonchev–Trinajstić information content (AvgIpc) is 2.34. The number of phenols is 1. The van der Waals surface area contributed by atoms with Gasteiger partial charge in [-0.1, -0.05) is 24.1 Å². The van der Waals surface area contributed by atoms with E-state index in [-0.39, 0.29) is 0 Å². The smallest absolute Gasteiger partial charge is 0.384 e. The number of para-hydroxylation sites is 1. The van der Waals surface area contributed by atoms with Crippen molar-refractivity contribution in [3.05, 3.63) is 29.3 Å². The molecule has 0 amide bonds. The highest BCUT2D eigenvalue weighted by Crippen LogP contribution is 2.22. The monoisotopic (exact) mass is 246 g/mol. The Balaban J connectivity index is 2.38. The van der Waals surface area contributed by atoms with Gasteiger partial charge < -0.3 is 9.84 Å². The zero-order valence-electron chi connectivity index (χ0n) is 10.8. The molecular weight excluding hydrogens is 228 g/mol. The van der Waals surface area contributed by atoms with Crippen molar-refractivity contribution in [3.63, 3.8) is 0 Å². The minimum atomic E-state index is -0.476. The van der Waals surface area contributed by atoms with Crippen LogP contribution < -0.4 is 0 Å². The number of esters is 1. The quantitative estimate of drug-likeness (QED) is 0.384. The van der Waals surface area contributed by atoms with Gasteiger partial charge in [-0.15, -0.1) is 0 Å². The van der Waals surface area contributed by atoms with Crippen LogP contribution in [0.3, 0.4) is 0 Å². The van der Waals surface area contributed by atoms with Crippen molar-refractivity contribution < 1.29 is 14.6 Å². The van der Waals surface area contributed by atoms with E-state index in [9.17, 15) is 9.90 Å². The first-order chi connectivity index (χ1) is 8.65. The lowest BCUT2D eigenvalue weighted by Crippen LogP contribution is -1.99. The van der Waals surface area contributed by atoms with Gasteiger partial charge in [0.15, 0.2) is 0 Å². The van der Waals surface area contributed by atoms with Crippen LogP contribution in [0.15, 0.2) is 18.2 Å². The summed E-state index contributed by atoms with van der Waals surface area (Å²) in [5.74, 6) is 5.07. The van der Waals surface area contributed by atoms with Crippen LogP contribution in [0.4, 0.5) is 0 Å². The van der Waals surface area contributed by atoms with Crippen LogP contribution >= 0.6 is 0 Å². The van der Waals surface area contributed by atoms with Crippen molar-refractivity contribution in [2.24, 2.45) is 0 Å². The van der Waals surface area contributed by atoms with E-state index in [0.29, 0.717) is 18.8 Å². The summed E-state index contributed by atoms with van der Waals surface area (Å²) >= 11 is 0. The predicted octanol–water partition coefficient (Wildman–Crippen LogP) is 2.59. The van der Waals surface area contributed by atoms with Gasteiger partial charge in [0, 0.05) is 12.3 Å². The molecule has 0 spiro atoms. The summed E-state index contributed by atoms with van der Waals surface area (Å²) in [6.45, 7) is 3.98. The number of rotatable bonds is 4. The molecule has 0 radical (unpaired) electrons. The summed E-state index contributed by atoms with van der Waals surface area (Å²) < 4.78 is 4.69. The molecule has 0 saturated carbocycles. The van der Waals surface area contributed by atoms with Crippen LogP contribution in [0, 0.1) is 18.8 Å². The maximum Gasteiger partial charge on any atom is 0.384 e. The molecule has 1 aromatic carbocycles. The molecule has 0 aliphatic carbocycles. The van der Waals surface area contributed by atoms with Crippen LogP contribution in [-0.2, 0) is 16.0 Å². The van der Waals surface area contributed by atoms with Crippen LogP contribution in [-0.4, -0.2) is 17.7 Å². The van der Waals surface area contributed by atoms with E-state index in [0.717, 1.165) is 24.0 Å². The minimum absolute atomic E-state index is 0.352. The lowest BCUT2D eigenvalue weighted by Gasteiger charge is -2.05. The molecule has 1 N–H and O–H groups in total. The molecular formula is C15H18O3. The molecule has 0 aromatic heterocycles. The Morgan fingerprint density at radius 1 is 1.44 bits per heavy atom. The second kappa shape index (κ2) is 7.39. The van der Waals surface area contributed by atoms with E-state index in [1.807, 2.05) is 25.1 Å². The maximum atomic E-state index is 10.9. The van der Waals surface area contributed by atoms with E-state index < -0.39 is 5.97 Å². The third-order valence-corrected chi connectivity index (χ3v) is 2.54. The number of carbonyl (C=O) groups is 1. The van der Waals surface area contributed by atoms with Crippen LogP contribution in [0.25, 0.3) is 0 Å². The number of aromatic hydroxyl groups is 1. The Bertz CT molecular complexity index is 466. The molecule has 0 atom stereocenters. The van der Waals surface area contributed by atoms with Gasteiger partial charge in [-0.05, 0) is 37.8 Å². The van der Waals surface area contributed by atoms with E-state index in [4.69, 9.17) is 0 Å². The highest BCUT2D eigenvalue weighted by Gasteiger charge is 2.02. The van der Waals surface area contributed by atoms with Crippen molar-refractivity contribution >= 4 is 5.97 Å². The molecule has 0 aliphatic heterocycles. The van der Waals surface area contributed by atoms with E-state index >= 15 is 0 Å². The largest absolute Gasteiger partial charge is 0.507 e. The molecule has 0 unspecified atom stereocenters. The number of carbonyl (C=O) groups excluding carboxylic acids is 1. The van der Waals surface area contributed by atoms with E-state index in [1.165, 1.54) is 0 Å². The molecule has 0 aliphatic rings. The van der Waals surface area contributed by atoms with Crippen molar-refractivity contribution in [2.75, 3.05) is 6.61 Å².